The van der Waals surface area contributed by atoms with E-state index in [2.05, 4.69) is 85.6 Å². The molecule has 1 aliphatic rings. The molecule has 156 valence electrons. The zero-order chi connectivity index (χ0) is 21.5. The molecule has 1 amide bonds. The fourth-order valence-corrected chi connectivity index (χ4v) is 4.69. The molecule has 1 fully saturated rings. The van der Waals surface area contributed by atoms with Crippen LogP contribution in [-0.4, -0.2) is 22.8 Å². The topological polar surface area (TPSA) is 36.1 Å². The molecular weight excluding hydrogens is 380 g/mol. The van der Waals surface area contributed by atoms with Gasteiger partial charge in [0.15, 0.2) is 0 Å². The number of nitrogens with zero attached hydrogens (tertiary/aromatic N) is 1. The summed E-state index contributed by atoms with van der Waals surface area (Å²) < 4.78 is 0. The predicted octanol–water partition coefficient (Wildman–Crippen LogP) is 6.34. The standard InChI is InChI=1S/C28H28N2O/c1-18-4-8-20(9-5-18)14-22-15-23-16-25(21-10-6-19(2)7-11-21)29-26(23)17-24(22)27-12-13-28(31)30(27)3/h4-11,15-17,27,29H,12-14H2,1-3H3. The summed E-state index contributed by atoms with van der Waals surface area (Å²) in [6.45, 7) is 4.23. The first-order valence-electron chi connectivity index (χ1n) is 11.0. The number of hydrogen-bond acceptors (Lipinski definition) is 1. The van der Waals surface area contributed by atoms with Crippen molar-refractivity contribution in [3.8, 4) is 11.3 Å². The fraction of sp³-hybridized carbons (Fsp3) is 0.250. The van der Waals surface area contributed by atoms with Crippen LogP contribution in [0, 0.1) is 13.8 Å². The molecule has 1 aliphatic heterocycles. The number of likely N-dealkylation sites (tertiary alicyclic amines) is 1. The van der Waals surface area contributed by atoms with Crippen molar-refractivity contribution in [2.75, 3.05) is 7.05 Å². The number of amides is 1. The van der Waals surface area contributed by atoms with Crippen LogP contribution in [0.1, 0.15) is 46.7 Å². The van der Waals surface area contributed by atoms with Crippen LogP contribution in [0.5, 0.6) is 0 Å². The van der Waals surface area contributed by atoms with Gasteiger partial charge in [0, 0.05) is 30.1 Å². The summed E-state index contributed by atoms with van der Waals surface area (Å²) in [5, 5.41) is 1.22. The minimum atomic E-state index is 0.142. The number of carbonyl (C=O) groups is 1. The first-order valence-corrected chi connectivity index (χ1v) is 11.0. The maximum atomic E-state index is 12.3. The Morgan fingerprint density at radius 1 is 0.935 bits per heavy atom. The Morgan fingerprint density at radius 2 is 1.61 bits per heavy atom. The van der Waals surface area contributed by atoms with Crippen molar-refractivity contribution in [3.05, 3.63) is 94.5 Å². The van der Waals surface area contributed by atoms with E-state index in [1.165, 1.54) is 38.8 Å². The van der Waals surface area contributed by atoms with Gasteiger partial charge in [0.25, 0.3) is 0 Å². The highest BCUT2D eigenvalue weighted by molar-refractivity contribution is 5.88. The highest BCUT2D eigenvalue weighted by Gasteiger charge is 2.30. The summed E-state index contributed by atoms with van der Waals surface area (Å²) in [7, 11) is 1.94. The monoisotopic (exact) mass is 408 g/mol. The molecule has 4 aromatic rings. The van der Waals surface area contributed by atoms with Crippen LogP contribution >= 0.6 is 0 Å². The third-order valence-corrected chi connectivity index (χ3v) is 6.61. The number of nitrogens with one attached hydrogen (secondary N) is 1. The second-order valence-electron chi connectivity index (χ2n) is 8.91. The van der Waals surface area contributed by atoms with Gasteiger partial charge in [-0.2, -0.15) is 0 Å². The first kappa shape index (κ1) is 19.6. The summed E-state index contributed by atoms with van der Waals surface area (Å²) in [5.41, 5.74) is 9.85. The van der Waals surface area contributed by atoms with E-state index in [9.17, 15) is 4.79 Å². The second kappa shape index (κ2) is 7.73. The molecule has 3 heteroatoms. The van der Waals surface area contributed by atoms with Crippen LogP contribution in [0.4, 0.5) is 0 Å². The van der Waals surface area contributed by atoms with E-state index in [4.69, 9.17) is 0 Å². The molecule has 2 heterocycles. The Kier molecular flexibility index (Phi) is 4.90. The van der Waals surface area contributed by atoms with Gasteiger partial charge in [-0.1, -0.05) is 59.7 Å². The SMILES string of the molecule is Cc1ccc(Cc2cc3cc(-c4ccc(C)cc4)[nH]c3cc2C2CCC(=O)N2C)cc1. The molecular formula is C28H28N2O. The Balaban J connectivity index is 1.61. The van der Waals surface area contributed by atoms with Gasteiger partial charge in [0.05, 0.1) is 6.04 Å². The van der Waals surface area contributed by atoms with E-state index in [0.717, 1.165) is 24.1 Å². The molecule has 3 aromatic carbocycles. The number of hydrogen-bond donors (Lipinski definition) is 1. The number of fused-ring (bicyclic) bond motifs is 1. The number of H-pyrrole nitrogens is 1. The summed E-state index contributed by atoms with van der Waals surface area (Å²) in [6, 6.07) is 24.4. The number of aryl methyl sites for hydroxylation is 2. The molecule has 0 bridgehead atoms. The van der Waals surface area contributed by atoms with Crippen LogP contribution in [0.3, 0.4) is 0 Å². The molecule has 0 spiro atoms. The molecule has 1 aromatic heterocycles. The zero-order valence-corrected chi connectivity index (χ0v) is 18.4. The van der Waals surface area contributed by atoms with Crippen molar-refractivity contribution >= 4 is 16.8 Å². The minimum absolute atomic E-state index is 0.142. The van der Waals surface area contributed by atoms with E-state index in [-0.39, 0.29) is 11.9 Å². The Hall–Kier alpha value is -3.33. The maximum absolute atomic E-state index is 12.3. The molecule has 1 N–H and O–H groups in total. The van der Waals surface area contributed by atoms with Crippen molar-refractivity contribution in [2.24, 2.45) is 0 Å². The lowest BCUT2D eigenvalue weighted by Crippen LogP contribution is -2.23. The van der Waals surface area contributed by atoms with Gasteiger partial charge in [-0.3, -0.25) is 4.79 Å². The van der Waals surface area contributed by atoms with E-state index < -0.39 is 0 Å². The van der Waals surface area contributed by atoms with Gasteiger partial charge in [-0.15, -0.1) is 0 Å². The number of benzene rings is 3. The average Bonchev–Trinajstić information content (AvgIpc) is 3.32. The Bertz CT molecular complexity index is 1250. The highest BCUT2D eigenvalue weighted by atomic mass is 16.2. The van der Waals surface area contributed by atoms with Crippen LogP contribution in [0.25, 0.3) is 22.2 Å². The average molecular weight is 409 g/mol. The van der Waals surface area contributed by atoms with Crippen LogP contribution < -0.4 is 0 Å². The summed E-state index contributed by atoms with van der Waals surface area (Å²) in [4.78, 5) is 17.8. The second-order valence-corrected chi connectivity index (χ2v) is 8.91. The lowest BCUT2D eigenvalue weighted by molar-refractivity contribution is -0.127. The first-order chi connectivity index (χ1) is 15.0. The molecule has 0 radical (unpaired) electrons. The predicted molar refractivity (Wildman–Crippen MR) is 127 cm³/mol. The number of rotatable bonds is 4. The fourth-order valence-electron chi connectivity index (χ4n) is 4.69. The van der Waals surface area contributed by atoms with Crippen molar-refractivity contribution in [1.82, 2.24) is 9.88 Å². The van der Waals surface area contributed by atoms with Gasteiger partial charge in [-0.25, -0.2) is 0 Å². The van der Waals surface area contributed by atoms with E-state index in [1.807, 2.05) is 11.9 Å². The molecule has 0 saturated carbocycles. The van der Waals surface area contributed by atoms with Crippen LogP contribution in [-0.2, 0) is 11.2 Å². The lowest BCUT2D eigenvalue weighted by Gasteiger charge is -2.23. The molecule has 1 atom stereocenters. The third-order valence-electron chi connectivity index (χ3n) is 6.61. The van der Waals surface area contributed by atoms with Gasteiger partial charge < -0.3 is 9.88 Å². The molecule has 0 aliphatic carbocycles. The largest absolute Gasteiger partial charge is 0.355 e. The van der Waals surface area contributed by atoms with E-state index >= 15 is 0 Å². The molecule has 3 nitrogen and oxygen atoms in total. The van der Waals surface area contributed by atoms with Crippen LogP contribution in [0.2, 0.25) is 0 Å². The number of aromatic amines is 1. The Labute approximate surface area is 183 Å². The molecule has 5 rings (SSSR count). The van der Waals surface area contributed by atoms with Crippen molar-refractivity contribution < 1.29 is 4.79 Å². The quantitative estimate of drug-likeness (QED) is 0.420. The Morgan fingerprint density at radius 3 is 2.26 bits per heavy atom. The van der Waals surface area contributed by atoms with Crippen LogP contribution in [0.15, 0.2) is 66.7 Å². The minimum Gasteiger partial charge on any atom is -0.355 e. The summed E-state index contributed by atoms with van der Waals surface area (Å²) in [5.74, 6) is 0.234. The molecule has 1 unspecified atom stereocenters. The van der Waals surface area contributed by atoms with Crippen molar-refractivity contribution in [3.63, 3.8) is 0 Å². The summed E-state index contributed by atoms with van der Waals surface area (Å²) >= 11 is 0. The molecule has 1 saturated heterocycles. The molecule has 31 heavy (non-hydrogen) atoms. The van der Waals surface area contributed by atoms with Gasteiger partial charge in [0.2, 0.25) is 5.91 Å². The third kappa shape index (κ3) is 3.76. The van der Waals surface area contributed by atoms with Gasteiger partial charge >= 0.3 is 0 Å². The highest BCUT2D eigenvalue weighted by Crippen LogP contribution is 2.37. The van der Waals surface area contributed by atoms with Gasteiger partial charge in [-0.05, 0) is 67.1 Å². The number of aromatic nitrogens is 1. The van der Waals surface area contributed by atoms with E-state index in [1.54, 1.807) is 0 Å². The zero-order valence-electron chi connectivity index (χ0n) is 18.4. The normalized spacial score (nSPS) is 16.4. The van der Waals surface area contributed by atoms with Gasteiger partial charge in [0.1, 0.15) is 0 Å². The van der Waals surface area contributed by atoms with Crippen molar-refractivity contribution in [1.29, 1.82) is 0 Å². The summed E-state index contributed by atoms with van der Waals surface area (Å²) in [6.07, 6.45) is 2.38. The maximum Gasteiger partial charge on any atom is 0.222 e. The number of carbonyl (C=O) groups excluding carboxylic acids is 1. The lowest BCUT2D eigenvalue weighted by atomic mass is 9.92. The van der Waals surface area contributed by atoms with E-state index in [0.29, 0.717) is 6.42 Å². The van der Waals surface area contributed by atoms with Crippen molar-refractivity contribution in [2.45, 2.75) is 39.2 Å². The smallest absolute Gasteiger partial charge is 0.222 e.